The lowest BCUT2D eigenvalue weighted by atomic mass is 9.92. The van der Waals surface area contributed by atoms with Crippen LogP contribution in [0.2, 0.25) is 0 Å². The van der Waals surface area contributed by atoms with E-state index in [4.69, 9.17) is 12.2 Å². The largest absolute Gasteiger partial charge is 0.361 e. The number of H-pyrrole nitrogens is 1. The van der Waals surface area contributed by atoms with E-state index in [0.29, 0.717) is 19.4 Å². The van der Waals surface area contributed by atoms with E-state index in [9.17, 15) is 22.8 Å². The molecule has 2 aromatic carbocycles. The van der Waals surface area contributed by atoms with Gasteiger partial charge in [0.05, 0.1) is 11.4 Å². The summed E-state index contributed by atoms with van der Waals surface area (Å²) in [6.07, 6.45) is 11.3. The summed E-state index contributed by atoms with van der Waals surface area (Å²) in [5.41, 5.74) is 7.65. The minimum Gasteiger partial charge on any atom is -0.361 e. The van der Waals surface area contributed by atoms with E-state index in [1.807, 2.05) is 30.5 Å². The third-order valence-corrected chi connectivity index (χ3v) is 9.01. The van der Waals surface area contributed by atoms with Gasteiger partial charge in [0, 0.05) is 35.1 Å². The number of nitrogens with two attached hydrogens (primary N) is 1. The van der Waals surface area contributed by atoms with E-state index in [1.54, 1.807) is 0 Å². The minimum absolute atomic E-state index is 0.0417. The van der Waals surface area contributed by atoms with E-state index >= 15 is 0 Å². The van der Waals surface area contributed by atoms with Gasteiger partial charge in [-0.2, -0.15) is 4.72 Å². The number of carbonyl (C=O) groups is 3. The monoisotopic (exact) mass is 606 g/mol. The Balaban J connectivity index is 1.52. The zero-order valence-electron chi connectivity index (χ0n) is 23.9. The number of aromatic nitrogens is 1. The Hall–Kier alpha value is -4.18. The molecule has 0 spiro atoms. The van der Waals surface area contributed by atoms with Crippen LogP contribution in [-0.4, -0.2) is 62.3 Å². The van der Waals surface area contributed by atoms with Crippen molar-refractivity contribution in [3.05, 3.63) is 65.9 Å². The highest BCUT2D eigenvalue weighted by molar-refractivity contribution is 7.89. The van der Waals surface area contributed by atoms with Crippen molar-refractivity contribution in [2.24, 2.45) is 5.73 Å². The normalized spacial score (nSPS) is 14.7. The highest BCUT2D eigenvalue weighted by Gasteiger charge is 2.31. The van der Waals surface area contributed by atoms with Crippen LogP contribution in [0.1, 0.15) is 54.4 Å². The fourth-order valence-electron chi connectivity index (χ4n) is 4.87. The maximum absolute atomic E-state index is 13.6. The second-order valence-corrected chi connectivity index (χ2v) is 12.3. The van der Waals surface area contributed by atoms with Gasteiger partial charge in [-0.05, 0) is 74.5 Å². The molecule has 0 bridgehead atoms. The van der Waals surface area contributed by atoms with Crippen molar-refractivity contribution in [3.63, 3.8) is 0 Å². The first kappa shape index (κ1) is 31.7. The number of rotatable bonds is 15. The van der Waals surface area contributed by atoms with Crippen LogP contribution >= 0.6 is 0 Å². The van der Waals surface area contributed by atoms with Crippen molar-refractivity contribution in [3.8, 4) is 12.3 Å². The van der Waals surface area contributed by atoms with Crippen LogP contribution in [0.15, 0.2) is 59.6 Å². The molecule has 0 radical (unpaired) electrons. The molecule has 0 saturated heterocycles. The number of fused-ring (bicyclic) bond motifs is 1. The molecule has 12 heteroatoms. The van der Waals surface area contributed by atoms with Gasteiger partial charge in [0.15, 0.2) is 0 Å². The van der Waals surface area contributed by atoms with Crippen molar-refractivity contribution < 1.29 is 22.8 Å². The number of hydrogen-bond donors (Lipinski definition) is 6. The minimum atomic E-state index is -4.16. The number of nitrogens with one attached hydrogen (secondary N) is 5. The third-order valence-electron chi connectivity index (χ3n) is 7.52. The van der Waals surface area contributed by atoms with Gasteiger partial charge >= 0.3 is 0 Å². The van der Waals surface area contributed by atoms with Crippen LogP contribution in [-0.2, 0) is 26.0 Å². The SMILES string of the molecule is C#CCNC(=O)c1ccc(S(=O)(=O)NC(CCCCN)C(=O)NC(Cc2c[nH]c3ccccc23)C(=O)NC2CCC2)cc1. The molecule has 4 rings (SSSR count). The summed E-state index contributed by atoms with van der Waals surface area (Å²) in [6, 6.07) is 11.0. The fraction of sp³-hybridized carbons (Fsp3) is 0.387. The first-order valence-electron chi connectivity index (χ1n) is 14.4. The lowest BCUT2D eigenvalue weighted by Gasteiger charge is -2.29. The number of carbonyl (C=O) groups excluding carboxylic acids is 3. The standard InChI is InChI=1S/C31H38N6O5S/c1-2-18-33-29(38)21-13-15-24(16-14-21)43(41,42)37-27(12-5-6-17-32)30(39)36-28(31(40)35-23-8-7-9-23)19-22-20-34-26-11-4-3-10-25(22)26/h1,3-4,10-11,13-16,20,23,27-28,34,37H,5-9,12,17-19,32H2,(H,33,38)(H,35,40)(H,36,39). The van der Waals surface area contributed by atoms with Crippen LogP contribution in [0.25, 0.3) is 10.9 Å². The summed E-state index contributed by atoms with van der Waals surface area (Å²) in [4.78, 5) is 42.2. The predicted molar refractivity (Wildman–Crippen MR) is 164 cm³/mol. The topological polar surface area (TPSA) is 175 Å². The summed E-state index contributed by atoms with van der Waals surface area (Å²) >= 11 is 0. The molecule has 228 valence electrons. The number of benzene rings is 2. The molecular formula is C31H38N6O5S. The number of sulfonamides is 1. The van der Waals surface area contributed by atoms with Crippen molar-refractivity contribution in [2.75, 3.05) is 13.1 Å². The van der Waals surface area contributed by atoms with E-state index < -0.39 is 33.9 Å². The molecule has 43 heavy (non-hydrogen) atoms. The number of terminal acetylenes is 1. The molecule has 0 aliphatic heterocycles. The lowest BCUT2D eigenvalue weighted by Crippen LogP contribution is -2.56. The molecule has 1 fully saturated rings. The fourth-order valence-corrected chi connectivity index (χ4v) is 6.10. The molecule has 1 saturated carbocycles. The predicted octanol–water partition coefficient (Wildman–Crippen LogP) is 1.70. The van der Waals surface area contributed by atoms with Crippen LogP contribution in [0, 0.1) is 12.3 Å². The van der Waals surface area contributed by atoms with Crippen molar-refractivity contribution in [1.82, 2.24) is 25.7 Å². The summed E-state index contributed by atoms with van der Waals surface area (Å²) < 4.78 is 29.1. The average molecular weight is 607 g/mol. The third kappa shape index (κ3) is 8.44. The van der Waals surface area contributed by atoms with Crippen molar-refractivity contribution in [1.29, 1.82) is 0 Å². The zero-order valence-corrected chi connectivity index (χ0v) is 24.7. The van der Waals surface area contributed by atoms with E-state index in [-0.39, 0.29) is 41.8 Å². The molecule has 1 aromatic heterocycles. The number of hydrogen-bond acceptors (Lipinski definition) is 6. The molecule has 2 unspecified atom stereocenters. The number of aromatic amines is 1. The molecule has 11 nitrogen and oxygen atoms in total. The van der Waals surface area contributed by atoms with Crippen LogP contribution in [0.3, 0.4) is 0 Å². The van der Waals surface area contributed by atoms with Gasteiger partial charge in [0.25, 0.3) is 5.91 Å². The second-order valence-electron chi connectivity index (χ2n) is 10.6. The smallest absolute Gasteiger partial charge is 0.252 e. The number of para-hydroxylation sites is 1. The van der Waals surface area contributed by atoms with Gasteiger partial charge in [-0.25, -0.2) is 8.42 Å². The molecule has 1 heterocycles. The van der Waals surface area contributed by atoms with Gasteiger partial charge in [-0.3, -0.25) is 14.4 Å². The summed E-state index contributed by atoms with van der Waals surface area (Å²) in [5.74, 6) is 0.941. The molecule has 3 aromatic rings. The summed E-state index contributed by atoms with van der Waals surface area (Å²) in [5, 5.41) is 9.29. The van der Waals surface area contributed by atoms with E-state index in [1.165, 1.54) is 24.3 Å². The van der Waals surface area contributed by atoms with Gasteiger partial charge < -0.3 is 26.7 Å². The Morgan fingerprint density at radius 1 is 1.02 bits per heavy atom. The lowest BCUT2D eigenvalue weighted by molar-refractivity contribution is -0.130. The van der Waals surface area contributed by atoms with Crippen LogP contribution in [0.4, 0.5) is 0 Å². The Morgan fingerprint density at radius 3 is 2.44 bits per heavy atom. The van der Waals surface area contributed by atoms with Crippen molar-refractivity contribution in [2.45, 2.75) is 68.0 Å². The quantitative estimate of drug-likeness (QED) is 0.113. The summed E-state index contributed by atoms with van der Waals surface area (Å²) in [6.45, 7) is 0.428. The van der Waals surface area contributed by atoms with E-state index in [0.717, 1.165) is 35.7 Å². The van der Waals surface area contributed by atoms with Gasteiger partial charge in [-0.15, -0.1) is 6.42 Å². The molecule has 7 N–H and O–H groups in total. The Morgan fingerprint density at radius 2 is 1.77 bits per heavy atom. The second kappa shape index (κ2) is 14.8. The van der Waals surface area contributed by atoms with E-state index in [2.05, 4.69) is 31.6 Å². The zero-order chi connectivity index (χ0) is 30.8. The molecule has 1 aliphatic rings. The number of unbranched alkanes of at least 4 members (excludes halogenated alkanes) is 1. The Labute approximate surface area is 251 Å². The highest BCUT2D eigenvalue weighted by atomic mass is 32.2. The maximum atomic E-state index is 13.6. The van der Waals surface area contributed by atoms with Crippen LogP contribution < -0.4 is 26.4 Å². The molecular weight excluding hydrogens is 568 g/mol. The van der Waals surface area contributed by atoms with Gasteiger partial charge in [0.1, 0.15) is 12.1 Å². The van der Waals surface area contributed by atoms with Gasteiger partial charge in [-0.1, -0.05) is 30.5 Å². The summed E-state index contributed by atoms with van der Waals surface area (Å²) in [7, 11) is -4.16. The average Bonchev–Trinajstić information content (AvgIpc) is 3.39. The first-order valence-corrected chi connectivity index (χ1v) is 15.9. The Kier molecular flexibility index (Phi) is 10.9. The first-order chi connectivity index (χ1) is 20.7. The molecule has 1 aliphatic carbocycles. The Bertz CT molecular complexity index is 1570. The number of amides is 3. The molecule has 2 atom stereocenters. The van der Waals surface area contributed by atoms with Gasteiger partial charge in [0.2, 0.25) is 21.8 Å². The molecule has 3 amide bonds. The van der Waals surface area contributed by atoms with Crippen LogP contribution in [0.5, 0.6) is 0 Å². The van der Waals surface area contributed by atoms with Crippen molar-refractivity contribution >= 4 is 38.6 Å². The highest BCUT2D eigenvalue weighted by Crippen LogP contribution is 2.21. The maximum Gasteiger partial charge on any atom is 0.252 e.